The number of carbonyl (C=O) groups is 1. The molecule has 2 aromatic carbocycles. The normalized spacial score (nSPS) is 13.2. The molecule has 2 aromatic rings. The van der Waals surface area contributed by atoms with Crippen LogP contribution in [-0.4, -0.2) is 36.2 Å². The third-order valence-corrected chi connectivity index (χ3v) is 6.11. The minimum Gasteiger partial charge on any atom is -0.468 e. The predicted octanol–water partition coefficient (Wildman–Crippen LogP) is 1.56. The number of carbonyl (C=O) groups excluding carboxylic acids is 1. The first-order chi connectivity index (χ1) is 12.5. The van der Waals surface area contributed by atoms with Gasteiger partial charge in [0.15, 0.2) is 9.84 Å². The van der Waals surface area contributed by atoms with Gasteiger partial charge in [0.1, 0.15) is 17.7 Å². The van der Waals surface area contributed by atoms with Crippen LogP contribution < -0.4 is 4.72 Å². The summed E-state index contributed by atoms with van der Waals surface area (Å²) in [6.07, 6.45) is 0.953. The highest BCUT2D eigenvalue weighted by Crippen LogP contribution is 2.23. The Morgan fingerprint density at radius 2 is 1.56 bits per heavy atom. The quantitative estimate of drug-likeness (QED) is 0.713. The summed E-state index contributed by atoms with van der Waals surface area (Å²) in [4.78, 5) is 11.5. The van der Waals surface area contributed by atoms with Gasteiger partial charge in [-0.1, -0.05) is 0 Å². The second-order valence-electron chi connectivity index (χ2n) is 5.49. The number of halogens is 2. The third-order valence-electron chi connectivity index (χ3n) is 3.54. The lowest BCUT2D eigenvalue weighted by molar-refractivity contribution is -0.142. The molecule has 7 nitrogen and oxygen atoms in total. The fourth-order valence-electron chi connectivity index (χ4n) is 2.18. The number of esters is 1. The first kappa shape index (κ1) is 20.9. The van der Waals surface area contributed by atoms with E-state index in [-0.39, 0.29) is 9.79 Å². The molecule has 11 heteroatoms. The van der Waals surface area contributed by atoms with E-state index in [1.807, 2.05) is 4.72 Å². The molecule has 1 N–H and O–H groups in total. The van der Waals surface area contributed by atoms with Gasteiger partial charge in [0.25, 0.3) is 0 Å². The van der Waals surface area contributed by atoms with E-state index in [0.717, 1.165) is 49.8 Å². The minimum atomic E-state index is -4.39. The molecule has 0 spiro atoms. The summed E-state index contributed by atoms with van der Waals surface area (Å²) in [6, 6.07) is 4.54. The SMILES string of the molecule is COC(=O)[C@H](NS(=O)(=O)c1ccc(S(C)(=O)=O)cc1)c1cc(F)ccc1F. The average Bonchev–Trinajstić information content (AvgIpc) is 2.60. The number of rotatable bonds is 6. The second kappa shape index (κ2) is 7.71. The molecule has 0 aromatic heterocycles. The zero-order valence-corrected chi connectivity index (χ0v) is 15.8. The summed E-state index contributed by atoms with van der Waals surface area (Å²) in [7, 11) is -6.97. The molecule has 146 valence electrons. The summed E-state index contributed by atoms with van der Waals surface area (Å²) < 4.78 is 81.8. The van der Waals surface area contributed by atoms with Crippen LogP contribution in [0.3, 0.4) is 0 Å². The highest BCUT2D eigenvalue weighted by atomic mass is 32.2. The number of sulfonamides is 1. The average molecular weight is 419 g/mol. The molecule has 0 saturated heterocycles. The van der Waals surface area contributed by atoms with Gasteiger partial charge in [0.2, 0.25) is 10.0 Å². The number of hydrogen-bond acceptors (Lipinski definition) is 6. The molecule has 0 heterocycles. The molecule has 1 atom stereocenters. The Balaban J connectivity index is 2.44. The molecule has 2 rings (SSSR count). The Morgan fingerprint density at radius 1 is 1.00 bits per heavy atom. The van der Waals surface area contributed by atoms with Gasteiger partial charge in [-0.2, -0.15) is 4.72 Å². The lowest BCUT2D eigenvalue weighted by Gasteiger charge is -2.18. The largest absolute Gasteiger partial charge is 0.468 e. The van der Waals surface area contributed by atoms with Crippen LogP contribution in [0.1, 0.15) is 11.6 Å². The van der Waals surface area contributed by atoms with Gasteiger partial charge >= 0.3 is 5.97 Å². The van der Waals surface area contributed by atoms with Gasteiger partial charge in [-0.15, -0.1) is 0 Å². The van der Waals surface area contributed by atoms with E-state index >= 15 is 0 Å². The van der Waals surface area contributed by atoms with Crippen molar-refractivity contribution in [1.29, 1.82) is 0 Å². The van der Waals surface area contributed by atoms with E-state index in [0.29, 0.717) is 6.07 Å². The standard InChI is InChI=1S/C16H15F2NO6S2/c1-25-16(20)15(13-9-10(17)3-8-14(13)18)19-27(23,24)12-6-4-11(5-7-12)26(2,21)22/h3-9,15,19H,1-2H3/t15-/m1/s1. The molecule has 0 amide bonds. The van der Waals surface area contributed by atoms with E-state index in [2.05, 4.69) is 4.74 Å². The molecular formula is C16H15F2NO6S2. The second-order valence-corrected chi connectivity index (χ2v) is 9.22. The first-order valence-electron chi connectivity index (χ1n) is 7.31. The minimum absolute atomic E-state index is 0.109. The molecule has 0 saturated carbocycles. The van der Waals surface area contributed by atoms with Crippen LogP contribution in [0.2, 0.25) is 0 Å². The molecule has 0 aliphatic heterocycles. The number of hydrogen-bond donors (Lipinski definition) is 1. The molecule has 27 heavy (non-hydrogen) atoms. The van der Waals surface area contributed by atoms with Crippen LogP contribution in [0.5, 0.6) is 0 Å². The Labute approximate surface area is 154 Å². The lowest BCUT2D eigenvalue weighted by atomic mass is 10.1. The fourth-order valence-corrected chi connectivity index (χ4v) is 3.98. The zero-order valence-electron chi connectivity index (χ0n) is 14.1. The zero-order chi connectivity index (χ0) is 20.4. The Bertz CT molecular complexity index is 1070. The topological polar surface area (TPSA) is 107 Å². The van der Waals surface area contributed by atoms with Crippen LogP contribution in [0.4, 0.5) is 8.78 Å². The van der Waals surface area contributed by atoms with E-state index < -0.39 is 49.1 Å². The molecule has 0 fully saturated rings. The molecule has 0 aliphatic rings. The van der Waals surface area contributed by atoms with Crippen molar-refractivity contribution in [3.63, 3.8) is 0 Å². The van der Waals surface area contributed by atoms with E-state index in [1.165, 1.54) is 0 Å². The van der Waals surface area contributed by atoms with Crippen molar-refractivity contribution in [3.05, 3.63) is 59.7 Å². The Kier molecular flexibility index (Phi) is 5.97. The number of methoxy groups -OCH3 is 1. The van der Waals surface area contributed by atoms with Crippen LogP contribution in [0, 0.1) is 11.6 Å². The highest BCUT2D eigenvalue weighted by molar-refractivity contribution is 7.90. The van der Waals surface area contributed by atoms with Crippen molar-refractivity contribution in [2.24, 2.45) is 0 Å². The summed E-state index contributed by atoms with van der Waals surface area (Å²) in [5.41, 5.74) is -0.557. The highest BCUT2D eigenvalue weighted by Gasteiger charge is 2.30. The first-order valence-corrected chi connectivity index (χ1v) is 10.7. The monoisotopic (exact) mass is 419 g/mol. The maximum Gasteiger partial charge on any atom is 0.328 e. The predicted molar refractivity (Wildman–Crippen MR) is 91.0 cm³/mol. The molecule has 0 radical (unpaired) electrons. The van der Waals surface area contributed by atoms with Crippen LogP contribution in [-0.2, 0) is 29.4 Å². The number of benzene rings is 2. The smallest absolute Gasteiger partial charge is 0.328 e. The van der Waals surface area contributed by atoms with Crippen molar-refractivity contribution < 1.29 is 35.1 Å². The number of sulfone groups is 1. The van der Waals surface area contributed by atoms with Gasteiger partial charge in [0, 0.05) is 11.8 Å². The molecule has 0 aliphatic carbocycles. The van der Waals surface area contributed by atoms with Gasteiger partial charge < -0.3 is 4.74 Å². The number of nitrogens with one attached hydrogen (secondary N) is 1. The Morgan fingerprint density at radius 3 is 2.07 bits per heavy atom. The fraction of sp³-hybridized carbons (Fsp3) is 0.188. The van der Waals surface area contributed by atoms with Crippen molar-refractivity contribution in [3.8, 4) is 0 Å². The van der Waals surface area contributed by atoms with Gasteiger partial charge in [-0.05, 0) is 42.5 Å². The Hall–Kier alpha value is -2.37. The van der Waals surface area contributed by atoms with Gasteiger partial charge in [0.05, 0.1) is 16.9 Å². The lowest BCUT2D eigenvalue weighted by Crippen LogP contribution is -2.35. The van der Waals surface area contributed by atoms with E-state index in [1.54, 1.807) is 0 Å². The van der Waals surface area contributed by atoms with Crippen LogP contribution in [0.25, 0.3) is 0 Å². The van der Waals surface area contributed by atoms with Crippen molar-refractivity contribution in [1.82, 2.24) is 4.72 Å². The van der Waals surface area contributed by atoms with E-state index in [4.69, 9.17) is 0 Å². The van der Waals surface area contributed by atoms with Crippen molar-refractivity contribution in [2.45, 2.75) is 15.8 Å². The maximum absolute atomic E-state index is 14.0. The van der Waals surface area contributed by atoms with Crippen LogP contribution >= 0.6 is 0 Å². The third kappa shape index (κ3) is 4.87. The summed E-state index contributed by atoms with van der Waals surface area (Å²) in [5, 5.41) is 0. The summed E-state index contributed by atoms with van der Waals surface area (Å²) in [5.74, 6) is -3.05. The van der Waals surface area contributed by atoms with Gasteiger partial charge in [-0.25, -0.2) is 30.4 Å². The summed E-state index contributed by atoms with van der Waals surface area (Å²) >= 11 is 0. The number of ether oxygens (including phenoxy) is 1. The molecule has 0 unspecified atom stereocenters. The van der Waals surface area contributed by atoms with Crippen molar-refractivity contribution in [2.75, 3.05) is 13.4 Å². The van der Waals surface area contributed by atoms with Crippen LogP contribution in [0.15, 0.2) is 52.3 Å². The van der Waals surface area contributed by atoms with Crippen molar-refractivity contribution >= 4 is 25.8 Å². The summed E-state index contributed by atoms with van der Waals surface area (Å²) in [6.45, 7) is 0. The molecule has 0 bridgehead atoms. The van der Waals surface area contributed by atoms with E-state index in [9.17, 15) is 30.4 Å². The molecular weight excluding hydrogens is 404 g/mol. The van der Waals surface area contributed by atoms with Gasteiger partial charge in [-0.3, -0.25) is 0 Å². The maximum atomic E-state index is 14.0.